The summed E-state index contributed by atoms with van der Waals surface area (Å²) in [6.07, 6.45) is -0.608. The molecule has 0 spiro atoms. The number of carbonyl (C=O) groups excluding carboxylic acids is 1. The van der Waals surface area contributed by atoms with Gasteiger partial charge in [0.25, 0.3) is 0 Å². The quantitative estimate of drug-likeness (QED) is 0.700. The highest BCUT2D eigenvalue weighted by Crippen LogP contribution is 2.13. The molecule has 2 aromatic rings. The number of aromatic nitrogens is 3. The van der Waals surface area contributed by atoms with Crippen LogP contribution in [0.3, 0.4) is 0 Å². The number of anilines is 1. The molecule has 1 aromatic heterocycles. The lowest BCUT2D eigenvalue weighted by Crippen LogP contribution is -2.14. The first-order valence-corrected chi connectivity index (χ1v) is 6.90. The van der Waals surface area contributed by atoms with Crippen molar-refractivity contribution in [3.8, 4) is 0 Å². The number of aliphatic hydroxyl groups excluding tert-OH is 1. The van der Waals surface area contributed by atoms with Gasteiger partial charge in [0.1, 0.15) is 6.61 Å². The molecule has 1 amide bonds. The number of benzene rings is 1. The lowest BCUT2D eigenvalue weighted by Gasteiger charge is -2.04. The first-order valence-electron chi connectivity index (χ1n) is 5.91. The average Bonchev–Trinajstić information content (AvgIpc) is 2.91. The molecule has 0 fully saturated rings. The molecule has 0 aliphatic heterocycles. The van der Waals surface area contributed by atoms with Gasteiger partial charge in [-0.2, -0.15) is 4.98 Å². The third kappa shape index (κ3) is 4.56. The van der Waals surface area contributed by atoms with E-state index in [4.69, 9.17) is 9.84 Å². The number of hydrogen-bond acceptors (Lipinski definition) is 6. The molecule has 0 saturated carbocycles. The van der Waals surface area contributed by atoms with Crippen molar-refractivity contribution < 1.29 is 14.6 Å². The van der Waals surface area contributed by atoms with Gasteiger partial charge < -0.3 is 9.84 Å². The predicted octanol–water partition coefficient (Wildman–Crippen LogP) is 1.64. The molecular weight excluding hydrogens is 280 g/mol. The molecule has 0 atom stereocenters. The summed E-state index contributed by atoms with van der Waals surface area (Å²) in [6.45, 7) is 0.230. The lowest BCUT2D eigenvalue weighted by molar-refractivity contribution is 0.155. The summed E-state index contributed by atoms with van der Waals surface area (Å²) in [6, 6.07) is 9.37. The summed E-state index contributed by atoms with van der Waals surface area (Å²) >= 11 is 1.28. The van der Waals surface area contributed by atoms with Crippen LogP contribution in [0.1, 0.15) is 5.56 Å². The number of aliphatic hydroxyl groups is 1. The number of amides is 1. The molecule has 0 bridgehead atoms. The third-order valence-electron chi connectivity index (χ3n) is 2.22. The van der Waals surface area contributed by atoms with E-state index in [9.17, 15) is 4.79 Å². The van der Waals surface area contributed by atoms with Crippen molar-refractivity contribution in [2.45, 2.75) is 11.8 Å². The van der Waals surface area contributed by atoms with Crippen LogP contribution in [0.15, 0.2) is 35.5 Å². The second kappa shape index (κ2) is 7.51. The van der Waals surface area contributed by atoms with Crippen LogP contribution in [-0.2, 0) is 11.3 Å². The van der Waals surface area contributed by atoms with Gasteiger partial charge in [0.15, 0.2) is 0 Å². The zero-order valence-electron chi connectivity index (χ0n) is 10.6. The van der Waals surface area contributed by atoms with Gasteiger partial charge in [0, 0.05) is 5.75 Å². The van der Waals surface area contributed by atoms with Gasteiger partial charge in [-0.3, -0.25) is 5.32 Å². The van der Waals surface area contributed by atoms with Crippen LogP contribution in [0.5, 0.6) is 0 Å². The van der Waals surface area contributed by atoms with Gasteiger partial charge in [-0.05, 0) is 5.56 Å². The number of carbonyl (C=O) groups is 1. The SMILES string of the molecule is O=C(Nc1nc(SCCO)n[nH]1)OCc1ccccc1. The molecule has 0 aliphatic rings. The van der Waals surface area contributed by atoms with Crippen molar-refractivity contribution >= 4 is 23.8 Å². The van der Waals surface area contributed by atoms with Crippen molar-refractivity contribution in [1.82, 2.24) is 15.2 Å². The number of nitrogens with zero attached hydrogens (tertiary/aromatic N) is 2. The largest absolute Gasteiger partial charge is 0.444 e. The van der Waals surface area contributed by atoms with E-state index in [0.717, 1.165) is 5.56 Å². The molecule has 0 aliphatic carbocycles. The topological polar surface area (TPSA) is 100 Å². The van der Waals surface area contributed by atoms with Gasteiger partial charge in [0.05, 0.1) is 6.61 Å². The summed E-state index contributed by atoms with van der Waals surface area (Å²) in [5.74, 6) is 0.707. The maximum atomic E-state index is 11.5. The highest BCUT2D eigenvalue weighted by Gasteiger charge is 2.08. The van der Waals surface area contributed by atoms with E-state index in [2.05, 4.69) is 20.5 Å². The first kappa shape index (κ1) is 14.4. The van der Waals surface area contributed by atoms with Crippen molar-refractivity contribution in [3.05, 3.63) is 35.9 Å². The van der Waals surface area contributed by atoms with E-state index in [1.165, 1.54) is 11.8 Å². The predicted molar refractivity (Wildman–Crippen MR) is 74.4 cm³/mol. The smallest absolute Gasteiger partial charge is 0.414 e. The van der Waals surface area contributed by atoms with Crippen LogP contribution in [0.2, 0.25) is 0 Å². The highest BCUT2D eigenvalue weighted by atomic mass is 32.2. The normalized spacial score (nSPS) is 10.2. The van der Waals surface area contributed by atoms with Gasteiger partial charge in [0.2, 0.25) is 11.1 Å². The Morgan fingerprint density at radius 3 is 2.95 bits per heavy atom. The fraction of sp³-hybridized carbons (Fsp3) is 0.250. The third-order valence-corrected chi connectivity index (χ3v) is 3.05. The van der Waals surface area contributed by atoms with Gasteiger partial charge in [-0.15, -0.1) is 5.10 Å². The molecule has 106 valence electrons. The Morgan fingerprint density at radius 1 is 1.40 bits per heavy atom. The Hall–Kier alpha value is -2.06. The first-order chi connectivity index (χ1) is 9.78. The summed E-state index contributed by atoms with van der Waals surface area (Å²) in [5, 5.41) is 18.0. The zero-order chi connectivity index (χ0) is 14.2. The van der Waals surface area contributed by atoms with Crippen LogP contribution in [-0.4, -0.2) is 38.7 Å². The fourth-order valence-corrected chi connectivity index (χ4v) is 1.90. The zero-order valence-corrected chi connectivity index (χ0v) is 11.4. The van der Waals surface area contributed by atoms with Crippen LogP contribution >= 0.6 is 11.8 Å². The van der Waals surface area contributed by atoms with Crippen LogP contribution in [0.25, 0.3) is 0 Å². The van der Waals surface area contributed by atoms with Crippen LogP contribution in [0.4, 0.5) is 10.7 Å². The molecule has 8 heteroatoms. The van der Waals surface area contributed by atoms with Crippen molar-refractivity contribution in [1.29, 1.82) is 0 Å². The number of hydrogen-bond donors (Lipinski definition) is 3. The lowest BCUT2D eigenvalue weighted by atomic mass is 10.2. The van der Waals surface area contributed by atoms with Crippen LogP contribution in [0, 0.1) is 0 Å². The number of H-pyrrole nitrogens is 1. The summed E-state index contributed by atoms with van der Waals surface area (Å²) < 4.78 is 5.04. The summed E-state index contributed by atoms with van der Waals surface area (Å²) in [7, 11) is 0. The van der Waals surface area contributed by atoms with E-state index in [1.807, 2.05) is 30.3 Å². The molecule has 0 saturated heterocycles. The Balaban J connectivity index is 1.78. The number of rotatable bonds is 6. The molecule has 7 nitrogen and oxygen atoms in total. The fourth-order valence-electron chi connectivity index (χ4n) is 1.36. The minimum atomic E-state index is -0.608. The molecule has 0 unspecified atom stereocenters. The van der Waals surface area contributed by atoms with Crippen molar-refractivity contribution in [2.75, 3.05) is 17.7 Å². The number of ether oxygens (including phenoxy) is 1. The standard InChI is InChI=1S/C12H14N4O3S/c17-6-7-20-11-13-10(15-16-11)14-12(18)19-8-9-4-2-1-3-5-9/h1-5,17H,6-8H2,(H2,13,14,15,16,18). The van der Waals surface area contributed by atoms with E-state index in [-0.39, 0.29) is 19.2 Å². The maximum Gasteiger partial charge on any atom is 0.414 e. The molecule has 3 N–H and O–H groups in total. The monoisotopic (exact) mass is 294 g/mol. The number of thioether (sulfide) groups is 1. The molecule has 1 heterocycles. The van der Waals surface area contributed by atoms with Crippen molar-refractivity contribution in [3.63, 3.8) is 0 Å². The molecule has 1 aromatic carbocycles. The van der Waals surface area contributed by atoms with Gasteiger partial charge >= 0.3 is 6.09 Å². The van der Waals surface area contributed by atoms with Gasteiger partial charge in [-0.25, -0.2) is 9.89 Å². The second-order valence-corrected chi connectivity index (χ2v) is 4.79. The minimum Gasteiger partial charge on any atom is -0.444 e. The molecule has 20 heavy (non-hydrogen) atoms. The Morgan fingerprint density at radius 2 is 2.20 bits per heavy atom. The summed E-state index contributed by atoms with van der Waals surface area (Å²) in [4.78, 5) is 15.6. The molecule has 0 radical (unpaired) electrons. The van der Waals surface area contributed by atoms with Crippen molar-refractivity contribution in [2.24, 2.45) is 0 Å². The summed E-state index contributed by atoms with van der Waals surface area (Å²) in [5.41, 5.74) is 0.902. The van der Waals surface area contributed by atoms with E-state index < -0.39 is 6.09 Å². The van der Waals surface area contributed by atoms with E-state index >= 15 is 0 Å². The number of aromatic amines is 1. The highest BCUT2D eigenvalue weighted by molar-refractivity contribution is 7.99. The van der Waals surface area contributed by atoms with Gasteiger partial charge in [-0.1, -0.05) is 42.1 Å². The average molecular weight is 294 g/mol. The molecular formula is C12H14N4O3S. The Labute approximate surface area is 119 Å². The van der Waals surface area contributed by atoms with Crippen LogP contribution < -0.4 is 5.32 Å². The van der Waals surface area contributed by atoms with E-state index in [0.29, 0.717) is 10.9 Å². The second-order valence-electron chi connectivity index (χ2n) is 3.73. The number of nitrogens with one attached hydrogen (secondary N) is 2. The minimum absolute atomic E-state index is 0.0427. The van der Waals surface area contributed by atoms with E-state index in [1.54, 1.807) is 0 Å². The Kier molecular flexibility index (Phi) is 5.39. The molecule has 2 rings (SSSR count). The maximum absolute atomic E-state index is 11.5. The Bertz CT molecular complexity index is 547.